The van der Waals surface area contributed by atoms with E-state index in [4.69, 9.17) is 5.26 Å². The van der Waals surface area contributed by atoms with E-state index >= 15 is 0 Å². The lowest BCUT2D eigenvalue weighted by Crippen LogP contribution is -2.42. The summed E-state index contributed by atoms with van der Waals surface area (Å²) in [4.78, 5) is 19.2. The average molecular weight is 427 g/mol. The van der Waals surface area contributed by atoms with Crippen molar-refractivity contribution < 1.29 is 4.79 Å². The minimum Gasteiger partial charge on any atom is -0.361 e. The largest absolute Gasteiger partial charge is 0.361 e. The Kier molecular flexibility index (Phi) is 5.71. The van der Waals surface area contributed by atoms with Crippen LogP contribution in [0.1, 0.15) is 55.2 Å². The summed E-state index contributed by atoms with van der Waals surface area (Å²) in [7, 11) is 0. The Morgan fingerprint density at radius 2 is 1.97 bits per heavy atom. The zero-order valence-electron chi connectivity index (χ0n) is 18.5. The first-order valence-corrected chi connectivity index (χ1v) is 11.8. The van der Waals surface area contributed by atoms with Gasteiger partial charge < -0.3 is 10.3 Å². The highest BCUT2D eigenvalue weighted by Crippen LogP contribution is 2.41. The summed E-state index contributed by atoms with van der Waals surface area (Å²) in [5.74, 6) is 0.183. The minimum atomic E-state index is -0.281. The van der Waals surface area contributed by atoms with Gasteiger partial charge in [0.05, 0.1) is 17.0 Å². The molecule has 1 aromatic heterocycles. The van der Waals surface area contributed by atoms with Gasteiger partial charge in [0, 0.05) is 35.9 Å². The van der Waals surface area contributed by atoms with Crippen LogP contribution in [0.25, 0.3) is 10.9 Å². The Morgan fingerprint density at radius 1 is 1.09 bits per heavy atom. The molecule has 32 heavy (non-hydrogen) atoms. The van der Waals surface area contributed by atoms with E-state index in [1.807, 2.05) is 36.5 Å². The Bertz CT molecular complexity index is 1170. The van der Waals surface area contributed by atoms with E-state index in [0.717, 1.165) is 80.3 Å². The first-order chi connectivity index (χ1) is 15.6. The van der Waals surface area contributed by atoms with Crippen LogP contribution in [0.4, 0.5) is 5.69 Å². The topological polar surface area (TPSA) is 71.9 Å². The lowest BCUT2D eigenvalue weighted by Gasteiger charge is -2.38. The first-order valence-electron chi connectivity index (χ1n) is 11.8. The third-order valence-corrected chi connectivity index (χ3v) is 7.44. The quantitative estimate of drug-likeness (QED) is 0.576. The summed E-state index contributed by atoms with van der Waals surface area (Å²) in [6.45, 7) is 2.83. The van der Waals surface area contributed by atoms with Gasteiger partial charge in [-0.05, 0) is 79.8 Å². The molecule has 0 bridgehead atoms. The molecule has 1 fully saturated rings. The normalized spacial score (nSPS) is 18.1. The van der Waals surface area contributed by atoms with Gasteiger partial charge in [0.15, 0.2) is 0 Å². The Hall–Kier alpha value is -3.10. The number of rotatable bonds is 5. The SMILES string of the molecule is N#Cc1ccc2c(c1)CCN(CCC1(C(=O)Nc3ccc4[nH]ccc4c3)CCCCC1)C2. The van der Waals surface area contributed by atoms with Crippen LogP contribution in [-0.4, -0.2) is 28.9 Å². The van der Waals surface area contributed by atoms with Gasteiger partial charge in [-0.25, -0.2) is 0 Å². The summed E-state index contributed by atoms with van der Waals surface area (Å²) >= 11 is 0. The van der Waals surface area contributed by atoms with Gasteiger partial charge in [0.1, 0.15) is 0 Å². The molecule has 3 aromatic rings. The zero-order chi connectivity index (χ0) is 22.0. The Morgan fingerprint density at radius 3 is 2.81 bits per heavy atom. The Balaban J connectivity index is 1.27. The maximum Gasteiger partial charge on any atom is 0.230 e. The van der Waals surface area contributed by atoms with Crippen molar-refractivity contribution >= 4 is 22.5 Å². The molecule has 1 aliphatic carbocycles. The van der Waals surface area contributed by atoms with Crippen molar-refractivity contribution in [1.29, 1.82) is 5.26 Å². The van der Waals surface area contributed by atoms with Crippen molar-refractivity contribution in [3.63, 3.8) is 0 Å². The van der Waals surface area contributed by atoms with Crippen molar-refractivity contribution in [3.05, 3.63) is 65.4 Å². The highest BCUT2D eigenvalue weighted by Gasteiger charge is 2.39. The molecule has 0 atom stereocenters. The van der Waals surface area contributed by atoms with Crippen LogP contribution in [0.5, 0.6) is 0 Å². The molecular weight excluding hydrogens is 396 g/mol. The van der Waals surface area contributed by atoms with Crippen molar-refractivity contribution in [2.75, 3.05) is 18.4 Å². The van der Waals surface area contributed by atoms with Crippen LogP contribution in [0.2, 0.25) is 0 Å². The van der Waals surface area contributed by atoms with Crippen molar-refractivity contribution in [2.45, 2.75) is 51.5 Å². The van der Waals surface area contributed by atoms with Crippen LogP contribution in [0.3, 0.4) is 0 Å². The van der Waals surface area contributed by atoms with E-state index in [0.29, 0.717) is 0 Å². The molecule has 0 spiro atoms. The molecule has 2 N–H and O–H groups in total. The average Bonchev–Trinajstić information content (AvgIpc) is 3.31. The lowest BCUT2D eigenvalue weighted by atomic mass is 9.71. The first kappa shape index (κ1) is 20.8. The second kappa shape index (κ2) is 8.80. The number of H-pyrrole nitrogens is 1. The fourth-order valence-corrected chi connectivity index (χ4v) is 5.46. The molecule has 0 saturated heterocycles. The predicted octanol–water partition coefficient (Wildman–Crippen LogP) is 5.38. The van der Waals surface area contributed by atoms with Gasteiger partial charge in [0.25, 0.3) is 0 Å². The zero-order valence-corrected chi connectivity index (χ0v) is 18.5. The van der Waals surface area contributed by atoms with Crippen molar-refractivity contribution in [1.82, 2.24) is 9.88 Å². The van der Waals surface area contributed by atoms with E-state index in [1.54, 1.807) is 0 Å². The molecule has 5 heteroatoms. The fraction of sp³-hybridized carbons (Fsp3) is 0.407. The Labute approximate surface area is 189 Å². The van der Waals surface area contributed by atoms with Crippen molar-refractivity contribution in [3.8, 4) is 6.07 Å². The van der Waals surface area contributed by atoms with Gasteiger partial charge >= 0.3 is 0 Å². The van der Waals surface area contributed by atoms with Gasteiger partial charge in [-0.3, -0.25) is 9.69 Å². The number of aromatic amines is 1. The molecular formula is C27H30N4O. The van der Waals surface area contributed by atoms with Gasteiger partial charge in [-0.1, -0.05) is 25.3 Å². The number of hydrogen-bond donors (Lipinski definition) is 2. The van der Waals surface area contributed by atoms with Gasteiger partial charge in [-0.15, -0.1) is 0 Å². The predicted molar refractivity (Wildman–Crippen MR) is 127 cm³/mol. The molecule has 2 heterocycles. The number of anilines is 1. The van der Waals surface area contributed by atoms with E-state index in [9.17, 15) is 4.79 Å². The lowest BCUT2D eigenvalue weighted by molar-refractivity contribution is -0.128. The molecule has 0 unspecified atom stereocenters. The van der Waals surface area contributed by atoms with Gasteiger partial charge in [-0.2, -0.15) is 5.26 Å². The van der Waals surface area contributed by atoms with E-state index in [2.05, 4.69) is 33.4 Å². The number of nitrogens with one attached hydrogen (secondary N) is 2. The summed E-state index contributed by atoms with van der Waals surface area (Å²) in [6.07, 6.45) is 9.23. The van der Waals surface area contributed by atoms with Crippen LogP contribution >= 0.6 is 0 Å². The molecule has 1 saturated carbocycles. The maximum atomic E-state index is 13.5. The van der Waals surface area contributed by atoms with E-state index in [1.165, 1.54) is 17.5 Å². The molecule has 5 nitrogen and oxygen atoms in total. The molecule has 1 aliphatic heterocycles. The molecule has 164 valence electrons. The monoisotopic (exact) mass is 426 g/mol. The standard InChI is InChI=1S/C27H30N4O/c28-18-20-4-5-23-19-31(14-9-21(23)16-20)15-12-27(10-2-1-3-11-27)26(32)30-24-6-7-25-22(17-24)8-13-29-25/h4-8,13,16-17,29H,1-3,9-12,14-15,19H2,(H,30,32). The second-order valence-electron chi connectivity index (χ2n) is 9.45. The smallest absolute Gasteiger partial charge is 0.230 e. The molecule has 5 rings (SSSR count). The second-order valence-corrected chi connectivity index (χ2v) is 9.45. The summed E-state index contributed by atoms with van der Waals surface area (Å²) in [5, 5.41) is 13.5. The third kappa shape index (κ3) is 4.16. The number of fused-ring (bicyclic) bond motifs is 2. The van der Waals surface area contributed by atoms with E-state index in [-0.39, 0.29) is 11.3 Å². The molecule has 2 aromatic carbocycles. The number of hydrogen-bond acceptors (Lipinski definition) is 3. The summed E-state index contributed by atoms with van der Waals surface area (Å²) in [5.41, 5.74) is 5.04. The highest BCUT2D eigenvalue weighted by molar-refractivity contribution is 5.97. The number of carbonyl (C=O) groups is 1. The number of amides is 1. The van der Waals surface area contributed by atoms with Crippen LogP contribution in [0, 0.1) is 16.7 Å². The number of nitrogens with zero attached hydrogens (tertiary/aromatic N) is 2. The maximum absolute atomic E-state index is 13.5. The van der Waals surface area contributed by atoms with Gasteiger partial charge in [0.2, 0.25) is 5.91 Å². The number of aromatic nitrogens is 1. The third-order valence-electron chi connectivity index (χ3n) is 7.44. The van der Waals surface area contributed by atoms with Crippen LogP contribution in [0.15, 0.2) is 48.7 Å². The fourth-order valence-electron chi connectivity index (χ4n) is 5.46. The highest BCUT2D eigenvalue weighted by atomic mass is 16.2. The molecule has 0 radical (unpaired) electrons. The number of nitriles is 1. The molecule has 1 amide bonds. The molecule has 2 aliphatic rings. The summed E-state index contributed by atoms with van der Waals surface area (Å²) < 4.78 is 0. The number of benzene rings is 2. The number of carbonyl (C=O) groups excluding carboxylic acids is 1. The van der Waals surface area contributed by atoms with Crippen LogP contribution in [-0.2, 0) is 17.8 Å². The minimum absolute atomic E-state index is 0.183. The van der Waals surface area contributed by atoms with Crippen molar-refractivity contribution in [2.24, 2.45) is 5.41 Å². The summed E-state index contributed by atoms with van der Waals surface area (Å²) in [6, 6.07) is 16.4. The van der Waals surface area contributed by atoms with E-state index < -0.39 is 0 Å². The van der Waals surface area contributed by atoms with Crippen LogP contribution < -0.4 is 5.32 Å².